The van der Waals surface area contributed by atoms with Crippen molar-refractivity contribution in [1.82, 2.24) is 10.2 Å². The average molecular weight is 260 g/mol. The molecule has 1 saturated heterocycles. The van der Waals surface area contributed by atoms with E-state index in [1.54, 1.807) is 6.20 Å². The Morgan fingerprint density at radius 3 is 3.25 bits per heavy atom. The van der Waals surface area contributed by atoms with Crippen LogP contribution in [0.25, 0.3) is 0 Å². The van der Waals surface area contributed by atoms with Gasteiger partial charge in [0.1, 0.15) is 5.02 Å². The third kappa shape index (κ3) is 2.52. The number of thioether (sulfide) groups is 1. The fourth-order valence-electron chi connectivity index (χ4n) is 1.77. The molecule has 2 N–H and O–H groups in total. The molecule has 2 heterocycles. The lowest BCUT2D eigenvalue weighted by Gasteiger charge is -2.23. The molecular weight excluding hydrogens is 246 g/mol. The van der Waals surface area contributed by atoms with E-state index in [1.165, 1.54) is 18.6 Å². The average Bonchev–Trinajstić information content (AvgIpc) is 2.68. The van der Waals surface area contributed by atoms with Crippen LogP contribution in [0.15, 0.2) is 11.0 Å². The molecule has 88 valence electrons. The summed E-state index contributed by atoms with van der Waals surface area (Å²) in [5.74, 6) is 1.21. The second kappa shape index (κ2) is 4.67. The van der Waals surface area contributed by atoms with Crippen molar-refractivity contribution in [2.24, 2.45) is 0 Å². The van der Waals surface area contributed by atoms with Crippen LogP contribution in [-0.2, 0) is 0 Å². The van der Waals surface area contributed by atoms with Gasteiger partial charge in [0, 0.05) is 11.3 Å². The summed E-state index contributed by atoms with van der Waals surface area (Å²) in [6.45, 7) is 3.04. The monoisotopic (exact) mass is 259 g/mol. The van der Waals surface area contributed by atoms with Crippen LogP contribution in [-0.4, -0.2) is 27.2 Å². The molecular formula is C10H14ClN3OS. The van der Waals surface area contributed by atoms with Crippen LogP contribution in [0.2, 0.25) is 5.02 Å². The topological polar surface area (TPSA) is 57.8 Å². The van der Waals surface area contributed by atoms with Crippen molar-refractivity contribution in [3.05, 3.63) is 21.6 Å². The van der Waals surface area contributed by atoms with E-state index in [9.17, 15) is 4.79 Å². The highest BCUT2D eigenvalue weighted by atomic mass is 35.5. The molecule has 16 heavy (non-hydrogen) atoms. The van der Waals surface area contributed by atoms with Gasteiger partial charge in [-0.1, -0.05) is 11.6 Å². The Bertz CT molecular complexity index is 428. The Morgan fingerprint density at radius 1 is 1.75 bits per heavy atom. The van der Waals surface area contributed by atoms with E-state index in [-0.39, 0.29) is 15.3 Å². The summed E-state index contributed by atoms with van der Waals surface area (Å²) in [5, 5.41) is 9.40. The number of halogens is 1. The smallest absolute Gasteiger partial charge is 0.285 e. The third-order valence-corrected chi connectivity index (χ3v) is 4.66. The molecule has 0 spiro atoms. The van der Waals surface area contributed by atoms with Gasteiger partial charge in [0.25, 0.3) is 5.56 Å². The number of rotatable bonds is 3. The first-order valence-electron chi connectivity index (χ1n) is 5.22. The van der Waals surface area contributed by atoms with Crippen LogP contribution in [0, 0.1) is 0 Å². The maximum atomic E-state index is 11.2. The molecule has 1 aromatic rings. The first-order valence-corrected chi connectivity index (χ1v) is 6.58. The zero-order chi connectivity index (χ0) is 11.6. The Kier molecular flexibility index (Phi) is 3.44. The summed E-state index contributed by atoms with van der Waals surface area (Å²) in [5.41, 5.74) is 0.259. The van der Waals surface area contributed by atoms with Crippen LogP contribution in [0.3, 0.4) is 0 Å². The molecule has 0 aromatic carbocycles. The zero-order valence-corrected chi connectivity index (χ0v) is 10.6. The highest BCUT2D eigenvalue weighted by Gasteiger charge is 2.29. The molecule has 4 nitrogen and oxygen atoms in total. The number of nitrogens with one attached hydrogen (secondary N) is 2. The largest absolute Gasteiger partial charge is 0.381 e. The summed E-state index contributed by atoms with van der Waals surface area (Å²) >= 11 is 7.83. The Hall–Kier alpha value is -0.680. The van der Waals surface area contributed by atoms with Crippen molar-refractivity contribution in [3.8, 4) is 0 Å². The molecule has 0 amide bonds. The summed E-state index contributed by atoms with van der Waals surface area (Å²) in [6, 6.07) is 0. The minimum Gasteiger partial charge on any atom is -0.381 e. The van der Waals surface area contributed by atoms with Crippen LogP contribution in [0.4, 0.5) is 5.69 Å². The maximum absolute atomic E-state index is 11.2. The molecule has 0 saturated carbocycles. The molecule has 1 aliphatic heterocycles. The van der Waals surface area contributed by atoms with Crippen LogP contribution >= 0.6 is 23.4 Å². The predicted octanol–water partition coefficient (Wildman–Crippen LogP) is 2.12. The van der Waals surface area contributed by atoms with Gasteiger partial charge in [-0.25, -0.2) is 5.10 Å². The van der Waals surface area contributed by atoms with Gasteiger partial charge in [-0.3, -0.25) is 4.79 Å². The lowest BCUT2D eigenvalue weighted by Crippen LogP contribution is -2.27. The van der Waals surface area contributed by atoms with Gasteiger partial charge >= 0.3 is 0 Å². The third-order valence-electron chi connectivity index (χ3n) is 2.75. The molecule has 1 aromatic heterocycles. The lowest BCUT2D eigenvalue weighted by molar-refractivity contribution is 0.634. The fourth-order valence-corrected chi connectivity index (χ4v) is 3.17. The van der Waals surface area contributed by atoms with Gasteiger partial charge in [-0.05, 0) is 25.5 Å². The van der Waals surface area contributed by atoms with Crippen molar-refractivity contribution < 1.29 is 0 Å². The first-order chi connectivity index (χ1) is 7.61. The highest BCUT2D eigenvalue weighted by molar-refractivity contribution is 8.00. The quantitative estimate of drug-likeness (QED) is 0.873. The second-order valence-electron chi connectivity index (χ2n) is 4.18. The molecule has 0 radical (unpaired) electrons. The Morgan fingerprint density at radius 2 is 2.56 bits per heavy atom. The number of anilines is 1. The highest BCUT2D eigenvalue weighted by Crippen LogP contribution is 2.37. The first kappa shape index (κ1) is 11.8. The predicted molar refractivity (Wildman–Crippen MR) is 68.5 cm³/mol. The normalized spacial score (nSPS) is 24.6. The standard InChI is InChI=1S/C10H14ClN3OS/c1-10(3-2-4-16-10)6-12-7-5-13-14-9(15)8(7)11/h5H,2-4,6H2,1H3,(H2,12,14,15). The van der Waals surface area contributed by atoms with E-state index >= 15 is 0 Å². The van der Waals surface area contributed by atoms with Crippen molar-refractivity contribution in [2.45, 2.75) is 24.5 Å². The van der Waals surface area contributed by atoms with Crippen molar-refractivity contribution >= 4 is 29.1 Å². The van der Waals surface area contributed by atoms with Gasteiger partial charge in [-0.2, -0.15) is 16.9 Å². The van der Waals surface area contributed by atoms with Gasteiger partial charge in [0.05, 0.1) is 11.9 Å². The Labute approximate surface area is 103 Å². The summed E-state index contributed by atoms with van der Waals surface area (Å²) in [7, 11) is 0. The van der Waals surface area contributed by atoms with Crippen LogP contribution < -0.4 is 10.9 Å². The Balaban J connectivity index is 2.04. The molecule has 1 aliphatic rings. The van der Waals surface area contributed by atoms with E-state index in [2.05, 4.69) is 22.4 Å². The van der Waals surface area contributed by atoms with Crippen molar-refractivity contribution in [1.29, 1.82) is 0 Å². The van der Waals surface area contributed by atoms with E-state index in [0.717, 1.165) is 6.54 Å². The molecule has 1 unspecified atom stereocenters. The van der Waals surface area contributed by atoms with Crippen LogP contribution in [0.1, 0.15) is 19.8 Å². The van der Waals surface area contributed by atoms with Crippen molar-refractivity contribution in [3.63, 3.8) is 0 Å². The summed E-state index contributed by atoms with van der Waals surface area (Å²) < 4.78 is 0.242. The minimum absolute atomic E-state index is 0.182. The number of hydrogen-bond donors (Lipinski definition) is 2. The zero-order valence-electron chi connectivity index (χ0n) is 9.05. The fraction of sp³-hybridized carbons (Fsp3) is 0.600. The second-order valence-corrected chi connectivity index (χ2v) is 6.24. The molecule has 2 rings (SSSR count). The molecule has 0 aliphatic carbocycles. The SMILES string of the molecule is CC1(CNc2cn[nH]c(=O)c2Cl)CCCS1. The molecule has 0 bridgehead atoms. The molecule has 1 atom stereocenters. The molecule has 1 fully saturated rings. The van der Waals surface area contributed by atoms with E-state index < -0.39 is 0 Å². The van der Waals surface area contributed by atoms with E-state index in [0.29, 0.717) is 5.69 Å². The molecule has 6 heteroatoms. The maximum Gasteiger partial charge on any atom is 0.285 e. The van der Waals surface area contributed by atoms with Gasteiger partial charge < -0.3 is 5.32 Å². The number of aromatic amines is 1. The summed E-state index contributed by atoms with van der Waals surface area (Å²) in [6.07, 6.45) is 4.00. The van der Waals surface area contributed by atoms with Gasteiger partial charge in [0.2, 0.25) is 0 Å². The van der Waals surface area contributed by atoms with Crippen LogP contribution in [0.5, 0.6) is 0 Å². The lowest BCUT2D eigenvalue weighted by atomic mass is 10.1. The minimum atomic E-state index is -0.351. The van der Waals surface area contributed by atoms with Gasteiger partial charge in [-0.15, -0.1) is 0 Å². The number of H-pyrrole nitrogens is 1. The van der Waals surface area contributed by atoms with E-state index in [4.69, 9.17) is 11.6 Å². The number of hydrogen-bond acceptors (Lipinski definition) is 4. The van der Waals surface area contributed by atoms with Gasteiger partial charge in [0.15, 0.2) is 0 Å². The summed E-state index contributed by atoms with van der Waals surface area (Å²) in [4.78, 5) is 11.2. The number of nitrogens with zero attached hydrogens (tertiary/aromatic N) is 1. The number of aromatic nitrogens is 2. The van der Waals surface area contributed by atoms with Crippen molar-refractivity contribution in [2.75, 3.05) is 17.6 Å². The van der Waals surface area contributed by atoms with E-state index in [1.807, 2.05) is 11.8 Å².